The van der Waals surface area contributed by atoms with Crippen LogP contribution in [0.5, 0.6) is 5.75 Å². The molecule has 0 aliphatic carbocycles. The summed E-state index contributed by atoms with van der Waals surface area (Å²) in [7, 11) is 1.67. The minimum atomic E-state index is -0.133. The SMILES string of the molecule is COc1cccc2c1ccn2CCC(=O)N[C@H](CC(C)C)c1nc2ccccc2[nH]1. The first-order chi connectivity index (χ1) is 14.5. The van der Waals surface area contributed by atoms with Gasteiger partial charge in [0.2, 0.25) is 5.91 Å². The lowest BCUT2D eigenvalue weighted by Crippen LogP contribution is -2.30. The van der Waals surface area contributed by atoms with Crippen molar-refractivity contribution < 1.29 is 9.53 Å². The number of fused-ring (bicyclic) bond motifs is 2. The Bertz CT molecular complexity index is 1130. The maximum absolute atomic E-state index is 12.8. The molecule has 156 valence electrons. The molecule has 30 heavy (non-hydrogen) atoms. The van der Waals surface area contributed by atoms with E-state index in [1.165, 1.54) is 0 Å². The number of methoxy groups -OCH3 is 1. The fourth-order valence-electron chi connectivity index (χ4n) is 3.90. The minimum Gasteiger partial charge on any atom is -0.496 e. The van der Waals surface area contributed by atoms with Crippen LogP contribution in [0.15, 0.2) is 54.7 Å². The second-order valence-corrected chi connectivity index (χ2v) is 8.04. The number of aromatic amines is 1. The van der Waals surface area contributed by atoms with Gasteiger partial charge in [-0.15, -0.1) is 0 Å². The van der Waals surface area contributed by atoms with Crippen LogP contribution in [0.1, 0.15) is 38.6 Å². The van der Waals surface area contributed by atoms with Crippen molar-refractivity contribution in [2.75, 3.05) is 7.11 Å². The third-order valence-corrected chi connectivity index (χ3v) is 5.35. The Kier molecular flexibility index (Phi) is 5.74. The van der Waals surface area contributed by atoms with Gasteiger partial charge >= 0.3 is 0 Å². The van der Waals surface area contributed by atoms with E-state index in [4.69, 9.17) is 9.72 Å². The number of carbonyl (C=O) groups excluding carboxylic acids is 1. The van der Waals surface area contributed by atoms with E-state index in [9.17, 15) is 4.79 Å². The number of ether oxygens (including phenoxy) is 1. The van der Waals surface area contributed by atoms with Crippen LogP contribution in [0, 0.1) is 5.92 Å². The van der Waals surface area contributed by atoms with Gasteiger partial charge in [0.15, 0.2) is 0 Å². The summed E-state index contributed by atoms with van der Waals surface area (Å²) >= 11 is 0. The van der Waals surface area contributed by atoms with Gasteiger partial charge in [0.1, 0.15) is 11.6 Å². The number of aromatic nitrogens is 3. The number of H-pyrrole nitrogens is 1. The maximum Gasteiger partial charge on any atom is 0.222 e. The number of benzene rings is 2. The average Bonchev–Trinajstić information content (AvgIpc) is 3.35. The summed E-state index contributed by atoms with van der Waals surface area (Å²) in [6.07, 6.45) is 3.23. The molecule has 2 heterocycles. The zero-order chi connectivity index (χ0) is 21.1. The topological polar surface area (TPSA) is 71.9 Å². The number of hydrogen-bond acceptors (Lipinski definition) is 3. The number of rotatable bonds is 8. The number of para-hydroxylation sites is 2. The molecule has 2 N–H and O–H groups in total. The summed E-state index contributed by atoms with van der Waals surface area (Å²) in [5.41, 5.74) is 2.98. The number of carbonyl (C=O) groups is 1. The standard InChI is InChI=1S/C24H28N4O2/c1-16(2)15-20(24-26-18-7-4-5-8-19(18)27-24)25-23(29)12-14-28-13-11-17-21(28)9-6-10-22(17)30-3/h4-11,13,16,20H,12,14-15H2,1-3H3,(H,25,29)(H,26,27)/t20-/m1/s1. The van der Waals surface area contributed by atoms with Crippen molar-refractivity contribution in [3.05, 3.63) is 60.6 Å². The Morgan fingerprint density at radius 3 is 2.77 bits per heavy atom. The second-order valence-electron chi connectivity index (χ2n) is 8.04. The van der Waals surface area contributed by atoms with Crippen molar-refractivity contribution in [2.45, 2.75) is 39.3 Å². The van der Waals surface area contributed by atoms with Gasteiger partial charge in [0, 0.05) is 24.5 Å². The maximum atomic E-state index is 12.8. The summed E-state index contributed by atoms with van der Waals surface area (Å²) in [5, 5.41) is 4.24. The molecule has 4 rings (SSSR count). The van der Waals surface area contributed by atoms with Crippen molar-refractivity contribution >= 4 is 27.8 Å². The fraction of sp³-hybridized carbons (Fsp3) is 0.333. The number of amides is 1. The first-order valence-corrected chi connectivity index (χ1v) is 10.4. The summed E-state index contributed by atoms with van der Waals surface area (Å²) < 4.78 is 7.52. The largest absolute Gasteiger partial charge is 0.496 e. The number of hydrogen-bond donors (Lipinski definition) is 2. The molecule has 1 amide bonds. The van der Waals surface area contributed by atoms with E-state index in [0.29, 0.717) is 18.9 Å². The van der Waals surface area contributed by atoms with E-state index < -0.39 is 0 Å². The Morgan fingerprint density at radius 2 is 2.00 bits per heavy atom. The van der Waals surface area contributed by atoms with Crippen LogP contribution in [0.25, 0.3) is 21.9 Å². The van der Waals surface area contributed by atoms with Gasteiger partial charge in [0.25, 0.3) is 0 Å². The third kappa shape index (κ3) is 4.17. The van der Waals surface area contributed by atoms with Crippen molar-refractivity contribution in [3.8, 4) is 5.75 Å². The average molecular weight is 405 g/mol. The fourth-order valence-corrected chi connectivity index (χ4v) is 3.90. The molecule has 6 nitrogen and oxygen atoms in total. The highest BCUT2D eigenvalue weighted by Gasteiger charge is 2.20. The van der Waals surface area contributed by atoms with Gasteiger partial charge in [-0.3, -0.25) is 4.79 Å². The number of nitrogens with zero attached hydrogens (tertiary/aromatic N) is 2. The highest BCUT2D eigenvalue weighted by atomic mass is 16.5. The van der Waals surface area contributed by atoms with Crippen molar-refractivity contribution in [1.29, 1.82) is 0 Å². The summed E-state index contributed by atoms with van der Waals surface area (Å²) in [5.74, 6) is 2.11. The van der Waals surface area contributed by atoms with Gasteiger partial charge in [-0.2, -0.15) is 0 Å². The van der Waals surface area contributed by atoms with Crippen molar-refractivity contribution in [2.24, 2.45) is 5.92 Å². The second kappa shape index (κ2) is 8.61. The Balaban J connectivity index is 1.46. The lowest BCUT2D eigenvalue weighted by Gasteiger charge is -2.19. The smallest absolute Gasteiger partial charge is 0.222 e. The molecule has 2 aromatic heterocycles. The lowest BCUT2D eigenvalue weighted by molar-refractivity contribution is -0.122. The highest BCUT2D eigenvalue weighted by molar-refractivity contribution is 5.86. The normalized spacial score (nSPS) is 12.5. The third-order valence-electron chi connectivity index (χ3n) is 5.35. The van der Waals surface area contributed by atoms with E-state index in [1.807, 2.05) is 54.7 Å². The molecule has 0 radical (unpaired) electrons. The molecule has 0 saturated carbocycles. The predicted octanol–water partition coefficient (Wildman–Crippen LogP) is 4.82. The summed E-state index contributed by atoms with van der Waals surface area (Å²) in [6, 6.07) is 15.8. The van der Waals surface area contributed by atoms with Crippen LogP contribution in [0.3, 0.4) is 0 Å². The van der Waals surface area contributed by atoms with Gasteiger partial charge in [-0.05, 0) is 42.7 Å². The van der Waals surface area contributed by atoms with E-state index >= 15 is 0 Å². The van der Waals surface area contributed by atoms with Crippen LogP contribution in [0.4, 0.5) is 0 Å². The lowest BCUT2D eigenvalue weighted by atomic mass is 10.0. The first kappa shape index (κ1) is 20.0. The van der Waals surface area contributed by atoms with Crippen LogP contribution >= 0.6 is 0 Å². The molecule has 0 saturated heterocycles. The van der Waals surface area contributed by atoms with E-state index in [-0.39, 0.29) is 11.9 Å². The molecular weight excluding hydrogens is 376 g/mol. The van der Waals surface area contributed by atoms with Gasteiger partial charge in [0.05, 0.1) is 29.7 Å². The predicted molar refractivity (Wildman–Crippen MR) is 120 cm³/mol. The van der Waals surface area contributed by atoms with Crippen molar-refractivity contribution in [1.82, 2.24) is 19.9 Å². The summed E-state index contributed by atoms with van der Waals surface area (Å²) in [6.45, 7) is 4.92. The van der Waals surface area contributed by atoms with Gasteiger partial charge in [-0.1, -0.05) is 32.0 Å². The molecule has 0 fully saturated rings. The van der Waals surface area contributed by atoms with Crippen LogP contribution in [-0.2, 0) is 11.3 Å². The first-order valence-electron chi connectivity index (χ1n) is 10.4. The quantitative estimate of drug-likeness (QED) is 0.442. The Morgan fingerprint density at radius 1 is 1.17 bits per heavy atom. The number of nitrogens with one attached hydrogen (secondary N) is 2. The zero-order valence-electron chi connectivity index (χ0n) is 17.7. The Hall–Kier alpha value is -3.28. The van der Waals surface area contributed by atoms with Crippen LogP contribution < -0.4 is 10.1 Å². The number of aryl methyl sites for hydroxylation is 1. The van der Waals surface area contributed by atoms with E-state index in [2.05, 4.69) is 28.7 Å². The van der Waals surface area contributed by atoms with Crippen LogP contribution in [-0.4, -0.2) is 27.6 Å². The molecule has 0 aliphatic heterocycles. The van der Waals surface area contributed by atoms with Gasteiger partial charge < -0.3 is 19.6 Å². The molecule has 0 spiro atoms. The van der Waals surface area contributed by atoms with Crippen molar-refractivity contribution in [3.63, 3.8) is 0 Å². The molecule has 0 aliphatic rings. The molecule has 2 aromatic carbocycles. The molecule has 0 unspecified atom stereocenters. The molecular formula is C24H28N4O2. The highest BCUT2D eigenvalue weighted by Crippen LogP contribution is 2.26. The Labute approximate surface area is 176 Å². The zero-order valence-corrected chi connectivity index (χ0v) is 17.7. The molecule has 6 heteroatoms. The van der Waals surface area contributed by atoms with E-state index in [1.54, 1.807) is 7.11 Å². The summed E-state index contributed by atoms with van der Waals surface area (Å²) in [4.78, 5) is 20.9. The van der Waals surface area contributed by atoms with E-state index in [0.717, 1.165) is 39.9 Å². The monoisotopic (exact) mass is 404 g/mol. The number of imidazole rings is 1. The minimum absolute atomic E-state index is 0.0193. The molecule has 0 bridgehead atoms. The molecule has 4 aromatic rings. The van der Waals surface area contributed by atoms with Gasteiger partial charge in [-0.25, -0.2) is 4.98 Å². The molecule has 1 atom stereocenters. The van der Waals surface area contributed by atoms with Crippen LogP contribution in [0.2, 0.25) is 0 Å².